The summed E-state index contributed by atoms with van der Waals surface area (Å²) >= 11 is 3.51. The molecule has 1 aromatic carbocycles. The SMILES string of the molecule is Cc1cc(NCc2ccncc2)nc(Nc2ccccc2Br)n1. The lowest BCUT2D eigenvalue weighted by Crippen LogP contribution is -2.05. The number of benzene rings is 1. The van der Waals surface area contributed by atoms with Gasteiger partial charge < -0.3 is 10.6 Å². The summed E-state index contributed by atoms with van der Waals surface area (Å²) in [5, 5.41) is 6.54. The predicted octanol–water partition coefficient (Wildman–Crippen LogP) is 4.30. The molecule has 0 spiro atoms. The molecule has 0 aliphatic rings. The fourth-order valence-electron chi connectivity index (χ4n) is 2.09. The highest BCUT2D eigenvalue weighted by Crippen LogP contribution is 2.24. The Bertz CT molecular complexity index is 792. The van der Waals surface area contributed by atoms with Crippen molar-refractivity contribution in [2.24, 2.45) is 0 Å². The summed E-state index contributed by atoms with van der Waals surface area (Å²) in [6.45, 7) is 2.64. The Morgan fingerprint density at radius 3 is 2.61 bits per heavy atom. The van der Waals surface area contributed by atoms with Crippen LogP contribution in [0.2, 0.25) is 0 Å². The van der Waals surface area contributed by atoms with Crippen molar-refractivity contribution in [2.45, 2.75) is 13.5 Å². The highest BCUT2D eigenvalue weighted by atomic mass is 79.9. The summed E-state index contributed by atoms with van der Waals surface area (Å²) in [7, 11) is 0. The van der Waals surface area contributed by atoms with Crippen LogP contribution < -0.4 is 10.6 Å². The van der Waals surface area contributed by atoms with Crippen molar-refractivity contribution in [3.05, 3.63) is 70.6 Å². The first kappa shape index (κ1) is 15.4. The van der Waals surface area contributed by atoms with Crippen molar-refractivity contribution in [2.75, 3.05) is 10.6 Å². The quantitative estimate of drug-likeness (QED) is 0.701. The molecule has 6 heteroatoms. The van der Waals surface area contributed by atoms with Gasteiger partial charge in [-0.1, -0.05) is 12.1 Å². The van der Waals surface area contributed by atoms with Crippen LogP contribution >= 0.6 is 15.9 Å². The molecule has 0 unspecified atom stereocenters. The van der Waals surface area contributed by atoms with Gasteiger partial charge in [0.25, 0.3) is 0 Å². The molecule has 3 aromatic rings. The summed E-state index contributed by atoms with van der Waals surface area (Å²) in [5.74, 6) is 1.35. The molecule has 0 fully saturated rings. The van der Waals surface area contributed by atoms with Crippen LogP contribution in [0.3, 0.4) is 0 Å². The third-order valence-electron chi connectivity index (χ3n) is 3.20. The number of aryl methyl sites for hydroxylation is 1. The third kappa shape index (κ3) is 4.26. The highest BCUT2D eigenvalue weighted by Gasteiger charge is 2.05. The van der Waals surface area contributed by atoms with Crippen molar-refractivity contribution < 1.29 is 0 Å². The van der Waals surface area contributed by atoms with Gasteiger partial charge in [0, 0.05) is 35.2 Å². The number of nitrogens with zero attached hydrogens (tertiary/aromatic N) is 3. The first-order valence-corrected chi connectivity index (χ1v) is 8.00. The van der Waals surface area contributed by atoms with Crippen LogP contribution in [-0.4, -0.2) is 15.0 Å². The van der Waals surface area contributed by atoms with Gasteiger partial charge in [-0.3, -0.25) is 4.98 Å². The second-order valence-corrected chi connectivity index (χ2v) is 5.89. The summed E-state index contributed by atoms with van der Waals surface area (Å²) in [6, 6.07) is 13.7. The van der Waals surface area contributed by atoms with Gasteiger partial charge in [0.05, 0.1) is 5.69 Å². The van der Waals surface area contributed by atoms with E-state index in [1.165, 1.54) is 0 Å². The van der Waals surface area contributed by atoms with E-state index in [1.807, 2.05) is 49.4 Å². The van der Waals surface area contributed by atoms with E-state index >= 15 is 0 Å². The molecule has 0 radical (unpaired) electrons. The van der Waals surface area contributed by atoms with Crippen LogP contribution in [0, 0.1) is 6.92 Å². The molecular weight excluding hydrogens is 354 g/mol. The van der Waals surface area contributed by atoms with E-state index in [-0.39, 0.29) is 0 Å². The minimum absolute atomic E-state index is 0.564. The molecule has 0 saturated heterocycles. The number of rotatable bonds is 5. The molecule has 0 aliphatic heterocycles. The summed E-state index contributed by atoms with van der Waals surface area (Å²) < 4.78 is 0.969. The molecule has 2 heterocycles. The van der Waals surface area contributed by atoms with Crippen LogP contribution in [0.1, 0.15) is 11.3 Å². The number of para-hydroxylation sites is 1. The fourth-order valence-corrected chi connectivity index (χ4v) is 2.48. The fraction of sp³-hybridized carbons (Fsp3) is 0.118. The van der Waals surface area contributed by atoms with Gasteiger partial charge in [0.2, 0.25) is 5.95 Å². The molecule has 116 valence electrons. The van der Waals surface area contributed by atoms with Crippen molar-refractivity contribution in [1.29, 1.82) is 0 Å². The van der Waals surface area contributed by atoms with Gasteiger partial charge in [-0.15, -0.1) is 0 Å². The number of pyridine rings is 1. The predicted molar refractivity (Wildman–Crippen MR) is 95.8 cm³/mol. The van der Waals surface area contributed by atoms with Crippen LogP contribution in [0.15, 0.2) is 59.3 Å². The summed E-state index contributed by atoms with van der Waals surface area (Å²) in [5.41, 5.74) is 2.97. The lowest BCUT2D eigenvalue weighted by molar-refractivity contribution is 1.05. The molecule has 3 rings (SSSR count). The lowest BCUT2D eigenvalue weighted by Gasteiger charge is -2.11. The number of anilines is 3. The smallest absolute Gasteiger partial charge is 0.229 e. The maximum Gasteiger partial charge on any atom is 0.229 e. The molecule has 0 bridgehead atoms. The zero-order valence-electron chi connectivity index (χ0n) is 12.6. The van der Waals surface area contributed by atoms with Crippen LogP contribution in [0.4, 0.5) is 17.5 Å². The van der Waals surface area contributed by atoms with Gasteiger partial charge in [-0.2, -0.15) is 4.98 Å². The second-order valence-electron chi connectivity index (χ2n) is 5.03. The Morgan fingerprint density at radius 2 is 1.83 bits per heavy atom. The van der Waals surface area contributed by atoms with Gasteiger partial charge in [-0.05, 0) is 52.7 Å². The van der Waals surface area contributed by atoms with E-state index in [0.717, 1.165) is 27.2 Å². The van der Waals surface area contributed by atoms with E-state index in [0.29, 0.717) is 12.5 Å². The largest absolute Gasteiger partial charge is 0.366 e. The van der Waals surface area contributed by atoms with Crippen LogP contribution in [-0.2, 0) is 6.54 Å². The topological polar surface area (TPSA) is 62.7 Å². The number of hydrogen-bond donors (Lipinski definition) is 2. The summed E-state index contributed by atoms with van der Waals surface area (Å²) in [4.78, 5) is 13.0. The number of hydrogen-bond acceptors (Lipinski definition) is 5. The molecule has 23 heavy (non-hydrogen) atoms. The standard InChI is InChI=1S/C17H16BrN5/c1-12-10-16(20-11-13-6-8-19-9-7-13)23-17(21-12)22-15-5-3-2-4-14(15)18/h2-10H,11H2,1H3,(H2,20,21,22,23). The lowest BCUT2D eigenvalue weighted by atomic mass is 10.3. The molecule has 5 nitrogen and oxygen atoms in total. The number of halogens is 1. The molecule has 0 saturated carbocycles. The van der Waals surface area contributed by atoms with E-state index < -0.39 is 0 Å². The zero-order valence-corrected chi connectivity index (χ0v) is 14.2. The molecule has 2 aromatic heterocycles. The average Bonchev–Trinajstić information content (AvgIpc) is 2.56. The first-order valence-electron chi connectivity index (χ1n) is 7.21. The van der Waals surface area contributed by atoms with Gasteiger partial charge in [0.1, 0.15) is 5.82 Å². The minimum atomic E-state index is 0.564. The monoisotopic (exact) mass is 369 g/mol. The van der Waals surface area contributed by atoms with Crippen molar-refractivity contribution in [3.8, 4) is 0 Å². The maximum atomic E-state index is 4.52. The Balaban J connectivity index is 1.75. The Labute approximate surface area is 143 Å². The molecule has 0 amide bonds. The van der Waals surface area contributed by atoms with E-state index in [9.17, 15) is 0 Å². The Morgan fingerprint density at radius 1 is 1.04 bits per heavy atom. The van der Waals surface area contributed by atoms with Gasteiger partial charge >= 0.3 is 0 Å². The maximum absolute atomic E-state index is 4.52. The van der Waals surface area contributed by atoms with Gasteiger partial charge in [-0.25, -0.2) is 4.98 Å². The second kappa shape index (κ2) is 7.19. The van der Waals surface area contributed by atoms with E-state index in [1.54, 1.807) is 12.4 Å². The molecular formula is C17H16BrN5. The number of nitrogens with one attached hydrogen (secondary N) is 2. The van der Waals surface area contributed by atoms with Crippen LogP contribution in [0.25, 0.3) is 0 Å². The van der Waals surface area contributed by atoms with Crippen molar-refractivity contribution >= 4 is 33.4 Å². The Kier molecular flexibility index (Phi) is 4.83. The normalized spacial score (nSPS) is 10.3. The number of aromatic nitrogens is 3. The van der Waals surface area contributed by atoms with Gasteiger partial charge in [0.15, 0.2) is 0 Å². The van der Waals surface area contributed by atoms with Crippen molar-refractivity contribution in [1.82, 2.24) is 15.0 Å². The molecule has 0 aliphatic carbocycles. The first-order chi connectivity index (χ1) is 11.2. The average molecular weight is 370 g/mol. The highest BCUT2D eigenvalue weighted by molar-refractivity contribution is 9.10. The third-order valence-corrected chi connectivity index (χ3v) is 3.89. The van der Waals surface area contributed by atoms with E-state index in [2.05, 4.69) is 41.5 Å². The minimum Gasteiger partial charge on any atom is -0.366 e. The Hall–Kier alpha value is -2.47. The van der Waals surface area contributed by atoms with Crippen LogP contribution in [0.5, 0.6) is 0 Å². The molecule has 0 atom stereocenters. The zero-order chi connectivity index (χ0) is 16.1. The van der Waals surface area contributed by atoms with E-state index in [4.69, 9.17) is 0 Å². The molecule has 2 N–H and O–H groups in total. The van der Waals surface area contributed by atoms with Crippen molar-refractivity contribution in [3.63, 3.8) is 0 Å². The summed E-state index contributed by atoms with van der Waals surface area (Å²) in [6.07, 6.45) is 3.56.